The van der Waals surface area contributed by atoms with E-state index in [9.17, 15) is 5.11 Å². The molecule has 1 aromatic carbocycles. The monoisotopic (exact) mass is 291 g/mol. The number of benzene rings is 1. The van der Waals surface area contributed by atoms with Crippen LogP contribution in [0, 0.1) is 12.8 Å². The maximum Gasteiger partial charge on any atom is 0.120 e. The van der Waals surface area contributed by atoms with E-state index in [1.54, 1.807) is 6.07 Å². The predicted octanol–water partition coefficient (Wildman–Crippen LogP) is 4.53. The number of hydrogen-bond acceptors (Lipinski definition) is 2. The molecule has 0 saturated carbocycles. The van der Waals surface area contributed by atoms with Crippen molar-refractivity contribution in [2.45, 2.75) is 25.7 Å². The van der Waals surface area contributed by atoms with Crippen molar-refractivity contribution in [3.63, 3.8) is 0 Å². The molecular formula is C20H21NO. The number of pyridine rings is 1. The number of phenols is 1. The number of nitrogens with zero attached hydrogens (tertiary/aromatic N) is 1. The van der Waals surface area contributed by atoms with Gasteiger partial charge in [-0.3, -0.25) is 4.98 Å². The fourth-order valence-electron chi connectivity index (χ4n) is 3.43. The Labute approximate surface area is 131 Å². The zero-order chi connectivity index (χ0) is 15.6. The topological polar surface area (TPSA) is 33.1 Å². The van der Waals surface area contributed by atoms with Crippen LogP contribution < -0.4 is 0 Å². The lowest BCUT2D eigenvalue weighted by atomic mass is 9.64. The zero-order valence-corrected chi connectivity index (χ0v) is 13.0. The smallest absolute Gasteiger partial charge is 0.120 e. The van der Waals surface area contributed by atoms with E-state index in [1.807, 2.05) is 30.5 Å². The van der Waals surface area contributed by atoms with Crippen molar-refractivity contribution in [1.82, 2.24) is 4.98 Å². The van der Waals surface area contributed by atoms with E-state index in [0.29, 0.717) is 5.75 Å². The summed E-state index contributed by atoms with van der Waals surface area (Å²) in [5.41, 5.74) is 2.63. The Morgan fingerprint density at radius 1 is 1.18 bits per heavy atom. The largest absolute Gasteiger partial charge is 0.508 e. The molecule has 2 heteroatoms. The first-order chi connectivity index (χ1) is 10.7. The molecule has 1 heterocycles. The molecule has 0 amide bonds. The maximum absolute atomic E-state index is 10.5. The lowest BCUT2D eigenvalue weighted by Crippen LogP contribution is -2.35. The van der Waals surface area contributed by atoms with Crippen LogP contribution >= 0.6 is 0 Å². The average Bonchev–Trinajstić information content (AvgIpc) is 2.57. The van der Waals surface area contributed by atoms with Crippen LogP contribution in [0.25, 0.3) is 0 Å². The van der Waals surface area contributed by atoms with Crippen molar-refractivity contribution in [3.8, 4) is 5.75 Å². The molecule has 0 radical (unpaired) electrons. The Morgan fingerprint density at radius 2 is 2.05 bits per heavy atom. The summed E-state index contributed by atoms with van der Waals surface area (Å²) in [6, 6.07) is 11.8. The third-order valence-corrected chi connectivity index (χ3v) is 4.52. The van der Waals surface area contributed by atoms with Gasteiger partial charge in [0.1, 0.15) is 5.75 Å². The Hall–Kier alpha value is -2.35. The predicted molar refractivity (Wildman–Crippen MR) is 89.9 cm³/mol. The Bertz CT molecular complexity index is 718. The first-order valence-corrected chi connectivity index (χ1v) is 7.76. The van der Waals surface area contributed by atoms with Crippen LogP contribution in [0.3, 0.4) is 0 Å². The summed E-state index contributed by atoms with van der Waals surface area (Å²) in [7, 11) is 0. The van der Waals surface area contributed by atoms with E-state index in [0.717, 1.165) is 23.2 Å². The number of aryl methyl sites for hydroxylation is 1. The van der Waals surface area contributed by atoms with Gasteiger partial charge in [0.2, 0.25) is 0 Å². The van der Waals surface area contributed by atoms with Gasteiger partial charge >= 0.3 is 0 Å². The van der Waals surface area contributed by atoms with Gasteiger partial charge in [-0.25, -0.2) is 0 Å². The lowest BCUT2D eigenvalue weighted by molar-refractivity contribution is 0.400. The molecule has 1 aliphatic rings. The molecule has 2 aromatic rings. The van der Waals surface area contributed by atoms with Gasteiger partial charge in [0.05, 0.1) is 11.1 Å². The van der Waals surface area contributed by atoms with E-state index in [4.69, 9.17) is 0 Å². The molecule has 0 aliphatic heterocycles. The minimum atomic E-state index is -0.416. The van der Waals surface area contributed by atoms with Gasteiger partial charge in [0.25, 0.3) is 0 Å². The van der Waals surface area contributed by atoms with Crippen molar-refractivity contribution in [1.29, 1.82) is 0 Å². The Morgan fingerprint density at radius 3 is 2.77 bits per heavy atom. The number of hydrogen-bond donors (Lipinski definition) is 1. The standard InChI is InChI=1S/C20H21NO/c1-3-16-8-4-6-12-20(16,19-9-5-7-13-21-19)17-14-15(2)10-11-18(17)22/h4-14,16,22H,3H2,1-2H3. The molecule has 0 fully saturated rings. The normalized spacial score (nSPS) is 23.6. The van der Waals surface area contributed by atoms with Crippen molar-refractivity contribution < 1.29 is 5.11 Å². The van der Waals surface area contributed by atoms with E-state index >= 15 is 0 Å². The van der Waals surface area contributed by atoms with Crippen LogP contribution in [0.5, 0.6) is 5.75 Å². The molecule has 112 valence electrons. The second kappa shape index (κ2) is 5.80. The molecule has 1 aliphatic carbocycles. The first-order valence-electron chi connectivity index (χ1n) is 7.76. The second-order valence-electron chi connectivity index (χ2n) is 5.86. The van der Waals surface area contributed by atoms with E-state index in [2.05, 4.69) is 49.2 Å². The fraction of sp³-hybridized carbons (Fsp3) is 0.250. The third kappa shape index (κ3) is 2.25. The number of rotatable bonds is 3. The average molecular weight is 291 g/mol. The molecule has 0 saturated heterocycles. The summed E-state index contributed by atoms with van der Waals surface area (Å²) in [6.07, 6.45) is 11.3. The van der Waals surface area contributed by atoms with Crippen LogP contribution in [0.2, 0.25) is 0 Å². The van der Waals surface area contributed by atoms with Gasteiger partial charge in [0, 0.05) is 11.8 Å². The molecule has 0 spiro atoms. The lowest BCUT2D eigenvalue weighted by Gasteiger charge is -2.39. The van der Waals surface area contributed by atoms with Crippen molar-refractivity contribution in [3.05, 3.63) is 83.7 Å². The first kappa shape index (κ1) is 14.6. The van der Waals surface area contributed by atoms with E-state index in [1.165, 1.54) is 0 Å². The molecule has 1 N–H and O–H groups in total. The number of aromatic hydroxyl groups is 1. The van der Waals surface area contributed by atoms with Crippen LogP contribution in [0.15, 0.2) is 66.9 Å². The summed E-state index contributed by atoms with van der Waals surface area (Å²) in [6.45, 7) is 4.23. The molecule has 2 nitrogen and oxygen atoms in total. The summed E-state index contributed by atoms with van der Waals surface area (Å²) in [5, 5.41) is 10.5. The quantitative estimate of drug-likeness (QED) is 0.901. The number of allylic oxidation sites excluding steroid dienone is 4. The van der Waals surface area contributed by atoms with Crippen LogP contribution in [0.4, 0.5) is 0 Å². The van der Waals surface area contributed by atoms with E-state index in [-0.39, 0.29) is 5.92 Å². The molecule has 22 heavy (non-hydrogen) atoms. The van der Waals surface area contributed by atoms with Gasteiger partial charge in [-0.1, -0.05) is 55.0 Å². The minimum Gasteiger partial charge on any atom is -0.508 e. The van der Waals surface area contributed by atoms with Gasteiger partial charge in [0.15, 0.2) is 0 Å². The Kier molecular flexibility index (Phi) is 3.84. The molecule has 2 unspecified atom stereocenters. The Balaban J connectivity index is 2.31. The van der Waals surface area contributed by atoms with Crippen LogP contribution in [-0.4, -0.2) is 10.1 Å². The highest BCUT2D eigenvalue weighted by Gasteiger charge is 2.41. The third-order valence-electron chi connectivity index (χ3n) is 4.52. The van der Waals surface area contributed by atoms with Gasteiger partial charge in [-0.15, -0.1) is 0 Å². The van der Waals surface area contributed by atoms with Gasteiger partial charge in [-0.05, 0) is 37.5 Å². The van der Waals surface area contributed by atoms with Crippen molar-refractivity contribution in [2.75, 3.05) is 0 Å². The maximum atomic E-state index is 10.5. The highest BCUT2D eigenvalue weighted by Crippen LogP contribution is 2.47. The molecule has 0 bridgehead atoms. The summed E-state index contributed by atoms with van der Waals surface area (Å²) in [4.78, 5) is 4.62. The molecular weight excluding hydrogens is 270 g/mol. The van der Waals surface area contributed by atoms with Crippen LogP contribution in [0.1, 0.15) is 30.2 Å². The fourth-order valence-corrected chi connectivity index (χ4v) is 3.43. The van der Waals surface area contributed by atoms with Crippen molar-refractivity contribution >= 4 is 0 Å². The zero-order valence-electron chi connectivity index (χ0n) is 13.0. The minimum absolute atomic E-state index is 0.264. The van der Waals surface area contributed by atoms with Crippen LogP contribution in [-0.2, 0) is 5.41 Å². The molecule has 2 atom stereocenters. The second-order valence-corrected chi connectivity index (χ2v) is 5.86. The highest BCUT2D eigenvalue weighted by molar-refractivity contribution is 5.53. The highest BCUT2D eigenvalue weighted by atomic mass is 16.3. The summed E-state index contributed by atoms with van der Waals surface area (Å²) >= 11 is 0. The van der Waals surface area contributed by atoms with Crippen molar-refractivity contribution in [2.24, 2.45) is 5.92 Å². The van der Waals surface area contributed by atoms with E-state index < -0.39 is 5.41 Å². The summed E-state index contributed by atoms with van der Waals surface area (Å²) in [5.74, 6) is 0.592. The molecule has 3 rings (SSSR count). The summed E-state index contributed by atoms with van der Waals surface area (Å²) < 4.78 is 0. The molecule has 1 aromatic heterocycles. The number of phenolic OH excluding ortho intramolecular Hbond substituents is 1. The van der Waals surface area contributed by atoms with Gasteiger partial charge in [-0.2, -0.15) is 0 Å². The van der Waals surface area contributed by atoms with Gasteiger partial charge < -0.3 is 5.11 Å². The SMILES string of the molecule is CCC1C=CC=CC1(c1ccccn1)c1cc(C)ccc1O. The number of aromatic nitrogens is 1.